The van der Waals surface area contributed by atoms with Crippen LogP contribution in [0.2, 0.25) is 0 Å². The number of hydrogen-bond acceptors (Lipinski definition) is 3. The third-order valence-corrected chi connectivity index (χ3v) is 3.70. The van der Waals surface area contributed by atoms with Gasteiger partial charge < -0.3 is 10.3 Å². The van der Waals surface area contributed by atoms with Gasteiger partial charge in [-0.15, -0.1) is 0 Å². The molecular formula is C18H17N3O3. The minimum Gasteiger partial charge on any atom is -0.350 e. The number of aromatic nitrogens is 1. The van der Waals surface area contributed by atoms with Crippen molar-refractivity contribution < 1.29 is 9.72 Å². The lowest BCUT2D eigenvalue weighted by molar-refractivity contribution is -0.384. The molecule has 0 unspecified atom stereocenters. The van der Waals surface area contributed by atoms with E-state index in [1.807, 2.05) is 44.2 Å². The first-order valence-electron chi connectivity index (χ1n) is 7.63. The molecule has 0 radical (unpaired) electrons. The lowest BCUT2D eigenvalue weighted by Crippen LogP contribution is -2.30. The van der Waals surface area contributed by atoms with Gasteiger partial charge in [-0.1, -0.05) is 30.3 Å². The van der Waals surface area contributed by atoms with Gasteiger partial charge in [0, 0.05) is 34.6 Å². The number of H-pyrrole nitrogens is 1. The summed E-state index contributed by atoms with van der Waals surface area (Å²) in [4.78, 5) is 26.3. The zero-order valence-electron chi connectivity index (χ0n) is 13.4. The van der Waals surface area contributed by atoms with Crippen LogP contribution in [-0.2, 0) is 0 Å². The molecule has 0 atom stereocenters. The molecule has 1 amide bonds. The molecule has 0 saturated carbocycles. The monoisotopic (exact) mass is 323 g/mol. The number of non-ortho nitro benzene ring substituents is 1. The van der Waals surface area contributed by atoms with Crippen molar-refractivity contribution in [2.45, 2.75) is 19.9 Å². The van der Waals surface area contributed by atoms with Gasteiger partial charge in [0.25, 0.3) is 11.6 Å². The van der Waals surface area contributed by atoms with Gasteiger partial charge in [0.05, 0.1) is 4.92 Å². The highest BCUT2D eigenvalue weighted by molar-refractivity contribution is 6.10. The Morgan fingerprint density at radius 1 is 1.17 bits per heavy atom. The van der Waals surface area contributed by atoms with E-state index in [0.717, 1.165) is 5.56 Å². The number of amides is 1. The number of nitrogens with one attached hydrogen (secondary N) is 2. The molecule has 0 aliphatic carbocycles. The van der Waals surface area contributed by atoms with E-state index in [2.05, 4.69) is 10.3 Å². The van der Waals surface area contributed by atoms with Crippen molar-refractivity contribution in [1.29, 1.82) is 0 Å². The van der Waals surface area contributed by atoms with Crippen molar-refractivity contribution in [3.63, 3.8) is 0 Å². The Labute approximate surface area is 138 Å². The number of aromatic amines is 1. The van der Waals surface area contributed by atoms with Crippen molar-refractivity contribution in [1.82, 2.24) is 10.3 Å². The van der Waals surface area contributed by atoms with Gasteiger partial charge >= 0.3 is 0 Å². The van der Waals surface area contributed by atoms with Crippen LogP contribution in [0.25, 0.3) is 22.0 Å². The summed E-state index contributed by atoms with van der Waals surface area (Å²) in [6.07, 6.45) is 0. The van der Waals surface area contributed by atoms with Crippen LogP contribution in [0, 0.1) is 10.1 Å². The molecule has 0 bridgehead atoms. The minimum atomic E-state index is -0.435. The second kappa shape index (κ2) is 6.16. The first-order chi connectivity index (χ1) is 11.5. The van der Waals surface area contributed by atoms with Crippen LogP contribution >= 0.6 is 0 Å². The molecule has 6 heteroatoms. The number of carbonyl (C=O) groups excluding carboxylic acids is 1. The van der Waals surface area contributed by atoms with Gasteiger partial charge in [-0.25, -0.2) is 0 Å². The molecule has 0 aliphatic rings. The summed E-state index contributed by atoms with van der Waals surface area (Å²) in [6, 6.07) is 13.9. The highest BCUT2D eigenvalue weighted by Crippen LogP contribution is 2.34. The lowest BCUT2D eigenvalue weighted by Gasteiger charge is -2.09. The van der Waals surface area contributed by atoms with Crippen LogP contribution in [0.5, 0.6) is 0 Å². The second-order valence-corrected chi connectivity index (χ2v) is 5.86. The number of nitro benzene ring substituents is 1. The smallest absolute Gasteiger partial charge is 0.270 e. The van der Waals surface area contributed by atoms with Crippen LogP contribution < -0.4 is 5.32 Å². The predicted octanol–water partition coefficient (Wildman–Crippen LogP) is 3.88. The van der Waals surface area contributed by atoms with E-state index in [1.54, 1.807) is 6.07 Å². The van der Waals surface area contributed by atoms with Crippen molar-refractivity contribution in [2.24, 2.45) is 0 Å². The Balaban J connectivity index is 2.27. The van der Waals surface area contributed by atoms with E-state index in [0.29, 0.717) is 22.2 Å². The molecule has 3 aromatic rings. The van der Waals surface area contributed by atoms with Crippen LogP contribution in [0.3, 0.4) is 0 Å². The normalized spacial score (nSPS) is 11.0. The molecule has 1 heterocycles. The first-order valence-corrected chi connectivity index (χ1v) is 7.63. The Morgan fingerprint density at radius 2 is 1.88 bits per heavy atom. The highest BCUT2D eigenvalue weighted by Gasteiger charge is 2.21. The topological polar surface area (TPSA) is 88.0 Å². The van der Waals surface area contributed by atoms with E-state index in [-0.39, 0.29) is 17.6 Å². The zero-order valence-corrected chi connectivity index (χ0v) is 13.4. The lowest BCUT2D eigenvalue weighted by atomic mass is 10.0. The van der Waals surface area contributed by atoms with Gasteiger partial charge in [0.1, 0.15) is 5.69 Å². The predicted molar refractivity (Wildman–Crippen MR) is 93.0 cm³/mol. The number of nitrogens with zero attached hydrogens (tertiary/aromatic N) is 1. The van der Waals surface area contributed by atoms with Gasteiger partial charge in [0.15, 0.2) is 0 Å². The van der Waals surface area contributed by atoms with Gasteiger partial charge in [0.2, 0.25) is 0 Å². The third kappa shape index (κ3) is 2.86. The van der Waals surface area contributed by atoms with Gasteiger partial charge in [-0.2, -0.15) is 0 Å². The van der Waals surface area contributed by atoms with Crippen molar-refractivity contribution in [3.05, 3.63) is 64.3 Å². The molecule has 24 heavy (non-hydrogen) atoms. The maximum atomic E-state index is 12.6. The number of rotatable bonds is 4. The standard InChI is InChI=1S/C18H17N3O3/c1-11(2)19-18(22)17-16(12-6-4-3-5-7-12)14-10-13(21(23)24)8-9-15(14)20-17/h3-11,20H,1-2H3,(H,19,22). The van der Waals surface area contributed by atoms with E-state index >= 15 is 0 Å². The summed E-state index contributed by atoms with van der Waals surface area (Å²) in [7, 11) is 0. The molecule has 2 aromatic carbocycles. The number of nitro groups is 1. The quantitative estimate of drug-likeness (QED) is 0.564. The first kappa shape index (κ1) is 15.7. The number of fused-ring (bicyclic) bond motifs is 1. The van der Waals surface area contributed by atoms with Crippen LogP contribution in [0.4, 0.5) is 5.69 Å². The van der Waals surface area contributed by atoms with Gasteiger partial charge in [-0.05, 0) is 25.5 Å². The Kier molecular flexibility index (Phi) is 4.04. The minimum absolute atomic E-state index is 0.00509. The summed E-state index contributed by atoms with van der Waals surface area (Å²) < 4.78 is 0. The van der Waals surface area contributed by atoms with Gasteiger partial charge in [-0.3, -0.25) is 14.9 Å². The van der Waals surface area contributed by atoms with Crippen molar-refractivity contribution in [2.75, 3.05) is 0 Å². The summed E-state index contributed by atoms with van der Waals surface area (Å²) in [5.74, 6) is -0.234. The molecular weight excluding hydrogens is 306 g/mol. The Bertz CT molecular complexity index is 914. The number of carbonyl (C=O) groups is 1. The fourth-order valence-corrected chi connectivity index (χ4v) is 2.70. The van der Waals surface area contributed by atoms with E-state index < -0.39 is 4.92 Å². The third-order valence-electron chi connectivity index (χ3n) is 3.70. The fourth-order valence-electron chi connectivity index (χ4n) is 2.70. The van der Waals surface area contributed by atoms with E-state index in [1.165, 1.54) is 12.1 Å². The number of hydrogen-bond donors (Lipinski definition) is 2. The fraction of sp³-hybridized carbons (Fsp3) is 0.167. The second-order valence-electron chi connectivity index (χ2n) is 5.86. The molecule has 2 N–H and O–H groups in total. The molecule has 3 rings (SSSR count). The summed E-state index contributed by atoms with van der Waals surface area (Å²) in [5.41, 5.74) is 2.60. The molecule has 1 aromatic heterocycles. The van der Waals surface area contributed by atoms with Crippen LogP contribution in [0.1, 0.15) is 24.3 Å². The molecule has 122 valence electrons. The van der Waals surface area contributed by atoms with Crippen molar-refractivity contribution in [3.8, 4) is 11.1 Å². The van der Waals surface area contributed by atoms with Crippen LogP contribution in [-0.4, -0.2) is 21.9 Å². The molecule has 0 fully saturated rings. The summed E-state index contributed by atoms with van der Waals surface area (Å²) in [5, 5.41) is 14.6. The average molecular weight is 323 g/mol. The van der Waals surface area contributed by atoms with E-state index in [9.17, 15) is 14.9 Å². The zero-order chi connectivity index (χ0) is 17.3. The maximum Gasteiger partial charge on any atom is 0.270 e. The average Bonchev–Trinajstić information content (AvgIpc) is 2.93. The van der Waals surface area contributed by atoms with E-state index in [4.69, 9.17) is 0 Å². The summed E-state index contributed by atoms with van der Waals surface area (Å²) >= 11 is 0. The molecule has 0 aliphatic heterocycles. The maximum absolute atomic E-state index is 12.6. The molecule has 0 spiro atoms. The number of benzene rings is 2. The summed E-state index contributed by atoms with van der Waals surface area (Å²) in [6.45, 7) is 3.77. The van der Waals surface area contributed by atoms with Crippen LogP contribution in [0.15, 0.2) is 48.5 Å². The Hall–Kier alpha value is -3.15. The van der Waals surface area contributed by atoms with Crippen molar-refractivity contribution >= 4 is 22.5 Å². The molecule has 6 nitrogen and oxygen atoms in total. The SMILES string of the molecule is CC(C)NC(=O)c1[nH]c2ccc([N+](=O)[O-])cc2c1-c1ccccc1. The molecule has 0 saturated heterocycles. The Morgan fingerprint density at radius 3 is 2.50 bits per heavy atom. The highest BCUT2D eigenvalue weighted by atomic mass is 16.6. The largest absolute Gasteiger partial charge is 0.350 e.